The van der Waals surface area contributed by atoms with Crippen LogP contribution in [-0.2, 0) is 4.84 Å². The number of carbonyl (C=O) groups is 1. The van der Waals surface area contributed by atoms with Crippen LogP contribution in [0.2, 0.25) is 0 Å². The number of aromatic hydroxyl groups is 4. The van der Waals surface area contributed by atoms with Crippen molar-refractivity contribution in [1.29, 1.82) is 0 Å². The highest BCUT2D eigenvalue weighted by atomic mass is 16.7. The van der Waals surface area contributed by atoms with Crippen LogP contribution in [0.25, 0.3) is 0 Å². The minimum atomic E-state index is -0.789. The van der Waals surface area contributed by atoms with E-state index in [-0.39, 0.29) is 28.6 Å². The van der Waals surface area contributed by atoms with Gasteiger partial charge in [0.05, 0.1) is 5.56 Å². The molecule has 0 fully saturated rings. The Kier molecular flexibility index (Phi) is 4.89. The lowest BCUT2D eigenvalue weighted by Gasteiger charge is -2.13. The summed E-state index contributed by atoms with van der Waals surface area (Å²) >= 11 is 0. The van der Waals surface area contributed by atoms with E-state index in [9.17, 15) is 25.2 Å². The molecule has 8 nitrogen and oxygen atoms in total. The van der Waals surface area contributed by atoms with Crippen molar-refractivity contribution in [2.45, 2.75) is 0 Å². The second kappa shape index (κ2) is 7.44. The lowest BCUT2D eigenvalue weighted by atomic mass is 10.2. The predicted octanol–water partition coefficient (Wildman–Crippen LogP) is 3.49. The highest BCUT2D eigenvalue weighted by Crippen LogP contribution is 2.34. The molecule has 3 aromatic rings. The molecule has 0 radical (unpaired) electrons. The van der Waals surface area contributed by atoms with Gasteiger partial charge in [0.15, 0.2) is 28.7 Å². The van der Waals surface area contributed by atoms with Crippen molar-refractivity contribution in [1.82, 2.24) is 0 Å². The van der Waals surface area contributed by atoms with Crippen LogP contribution >= 0.6 is 0 Å². The van der Waals surface area contributed by atoms with Gasteiger partial charge in [-0.2, -0.15) is 0 Å². The zero-order valence-electron chi connectivity index (χ0n) is 13.8. The van der Waals surface area contributed by atoms with Gasteiger partial charge in [-0.25, -0.2) is 10.3 Å². The molecule has 0 saturated carbocycles. The molecular formula is C19H15NO7. The van der Waals surface area contributed by atoms with Gasteiger partial charge in [0.2, 0.25) is 0 Å². The lowest BCUT2D eigenvalue weighted by Crippen LogP contribution is -2.11. The minimum Gasteiger partial charge on any atom is -0.504 e. The maximum Gasteiger partial charge on any atom is 0.362 e. The fourth-order valence-electron chi connectivity index (χ4n) is 2.14. The fraction of sp³-hybridized carbons (Fsp3) is 0. The summed E-state index contributed by atoms with van der Waals surface area (Å²) in [6.45, 7) is 0. The average molecular weight is 369 g/mol. The second-order valence-electron chi connectivity index (χ2n) is 5.44. The van der Waals surface area contributed by atoms with E-state index in [0.717, 1.165) is 6.07 Å². The molecule has 8 heteroatoms. The molecule has 0 saturated heterocycles. The van der Waals surface area contributed by atoms with Gasteiger partial charge in [0.25, 0.3) is 0 Å². The Balaban J connectivity index is 1.72. The average Bonchev–Trinajstić information content (AvgIpc) is 2.66. The number of ether oxygens (including phenoxy) is 1. The first kappa shape index (κ1) is 17.7. The van der Waals surface area contributed by atoms with Gasteiger partial charge in [0.1, 0.15) is 11.4 Å². The number of rotatable bonds is 5. The number of hydrogen-bond donors (Lipinski definition) is 5. The summed E-state index contributed by atoms with van der Waals surface area (Å²) < 4.78 is 5.62. The minimum absolute atomic E-state index is 0.0275. The summed E-state index contributed by atoms with van der Waals surface area (Å²) in [6, 6.07) is 14.1. The maximum absolute atomic E-state index is 12.1. The summed E-state index contributed by atoms with van der Waals surface area (Å²) in [7, 11) is 0. The molecule has 0 bridgehead atoms. The van der Waals surface area contributed by atoms with Crippen molar-refractivity contribution in [3.8, 4) is 34.5 Å². The van der Waals surface area contributed by atoms with E-state index in [1.165, 1.54) is 30.3 Å². The van der Waals surface area contributed by atoms with Crippen molar-refractivity contribution in [3.05, 3.63) is 66.2 Å². The van der Waals surface area contributed by atoms with Crippen LogP contribution in [-0.4, -0.2) is 26.4 Å². The molecule has 0 aliphatic carbocycles. The molecule has 0 aromatic heterocycles. The van der Waals surface area contributed by atoms with Crippen LogP contribution in [0.5, 0.6) is 34.5 Å². The van der Waals surface area contributed by atoms with Crippen molar-refractivity contribution in [2.24, 2.45) is 0 Å². The Labute approximate surface area is 153 Å². The van der Waals surface area contributed by atoms with E-state index in [4.69, 9.17) is 9.57 Å². The first-order valence-electron chi connectivity index (χ1n) is 7.72. The molecule has 3 aromatic carbocycles. The third kappa shape index (κ3) is 4.13. The quantitative estimate of drug-likeness (QED) is 0.341. The third-order valence-electron chi connectivity index (χ3n) is 3.53. The number of carbonyl (C=O) groups excluding carboxylic acids is 1. The Hall–Kier alpha value is -4.07. The molecule has 0 unspecified atom stereocenters. The smallest absolute Gasteiger partial charge is 0.362 e. The van der Waals surface area contributed by atoms with Crippen LogP contribution < -0.4 is 10.2 Å². The number of phenolic OH excluding ortho intramolecular Hbond substituents is 4. The van der Waals surface area contributed by atoms with Crippen molar-refractivity contribution >= 4 is 11.7 Å². The van der Waals surface area contributed by atoms with Crippen molar-refractivity contribution in [2.75, 3.05) is 5.48 Å². The summed E-state index contributed by atoms with van der Waals surface area (Å²) in [5.74, 6) is -1.65. The predicted molar refractivity (Wildman–Crippen MR) is 95.1 cm³/mol. The first-order valence-corrected chi connectivity index (χ1v) is 7.72. The van der Waals surface area contributed by atoms with E-state index in [1.54, 1.807) is 24.3 Å². The van der Waals surface area contributed by atoms with Crippen LogP contribution in [0, 0.1) is 0 Å². The molecule has 138 valence electrons. The number of para-hydroxylation sites is 2. The topological polar surface area (TPSA) is 128 Å². The van der Waals surface area contributed by atoms with Crippen LogP contribution in [0.1, 0.15) is 10.4 Å². The number of nitrogens with one attached hydrogen (secondary N) is 1. The second-order valence-corrected chi connectivity index (χ2v) is 5.44. The van der Waals surface area contributed by atoms with Crippen molar-refractivity contribution in [3.63, 3.8) is 0 Å². The molecule has 0 heterocycles. The molecule has 0 aliphatic rings. The van der Waals surface area contributed by atoms with Crippen LogP contribution in [0.4, 0.5) is 5.69 Å². The Bertz CT molecular complexity index is 988. The van der Waals surface area contributed by atoms with Gasteiger partial charge in [0, 0.05) is 6.07 Å². The molecule has 0 amide bonds. The Morgan fingerprint density at radius 3 is 2.15 bits per heavy atom. The zero-order chi connectivity index (χ0) is 19.4. The molecule has 27 heavy (non-hydrogen) atoms. The van der Waals surface area contributed by atoms with Gasteiger partial charge in [-0.3, -0.25) is 0 Å². The van der Waals surface area contributed by atoms with E-state index in [2.05, 4.69) is 5.48 Å². The van der Waals surface area contributed by atoms with Gasteiger partial charge < -0.3 is 30.0 Å². The molecule has 5 N–H and O–H groups in total. The summed E-state index contributed by atoms with van der Waals surface area (Å²) in [4.78, 5) is 17.0. The van der Waals surface area contributed by atoms with Crippen molar-refractivity contribution < 1.29 is 34.8 Å². The first-order chi connectivity index (χ1) is 12.9. The maximum atomic E-state index is 12.1. The number of hydrogen-bond acceptors (Lipinski definition) is 8. The number of phenols is 4. The summed E-state index contributed by atoms with van der Waals surface area (Å²) in [5, 5.41) is 37.6. The van der Waals surface area contributed by atoms with E-state index in [1.807, 2.05) is 0 Å². The normalized spacial score (nSPS) is 10.2. The highest BCUT2D eigenvalue weighted by Gasteiger charge is 2.13. The largest absolute Gasteiger partial charge is 0.504 e. The van der Waals surface area contributed by atoms with Gasteiger partial charge >= 0.3 is 5.97 Å². The molecule has 0 spiro atoms. The molecule has 3 rings (SSSR count). The van der Waals surface area contributed by atoms with Crippen LogP contribution in [0.3, 0.4) is 0 Å². The summed E-state index contributed by atoms with van der Waals surface area (Å²) in [6.07, 6.45) is 0. The van der Waals surface area contributed by atoms with Gasteiger partial charge in [-0.05, 0) is 42.5 Å². The highest BCUT2D eigenvalue weighted by molar-refractivity contribution is 5.90. The number of benzene rings is 3. The Morgan fingerprint density at radius 2 is 1.44 bits per heavy atom. The van der Waals surface area contributed by atoms with E-state index in [0.29, 0.717) is 11.4 Å². The van der Waals surface area contributed by atoms with Gasteiger partial charge in [-0.15, -0.1) is 0 Å². The fourth-order valence-corrected chi connectivity index (χ4v) is 2.14. The third-order valence-corrected chi connectivity index (χ3v) is 3.53. The molecule has 0 atom stereocenters. The SMILES string of the molecule is O=C(ONc1ccccc1Oc1ccc(O)c(O)c1)c1ccc(O)c(O)c1. The number of anilines is 1. The zero-order valence-corrected chi connectivity index (χ0v) is 13.8. The van der Waals surface area contributed by atoms with Crippen LogP contribution in [0.15, 0.2) is 60.7 Å². The van der Waals surface area contributed by atoms with E-state index < -0.39 is 11.7 Å². The summed E-state index contributed by atoms with van der Waals surface area (Å²) in [5.41, 5.74) is 2.81. The molecule has 0 aliphatic heterocycles. The lowest BCUT2D eigenvalue weighted by molar-refractivity contribution is 0.0595. The standard InChI is InChI=1S/C19H15NO7/c21-14-7-5-11(9-16(14)23)19(25)27-20-13-3-1-2-4-18(13)26-12-6-8-15(22)17(24)10-12/h1-10,20-24H. The van der Waals surface area contributed by atoms with E-state index >= 15 is 0 Å². The Morgan fingerprint density at radius 1 is 0.778 bits per heavy atom. The van der Waals surface area contributed by atoms with Gasteiger partial charge in [-0.1, -0.05) is 12.1 Å². The molecular weight excluding hydrogens is 354 g/mol. The monoisotopic (exact) mass is 369 g/mol.